The van der Waals surface area contributed by atoms with Crippen LogP contribution in [0.2, 0.25) is 0 Å². The van der Waals surface area contributed by atoms with Crippen molar-refractivity contribution in [3.63, 3.8) is 0 Å². The molecule has 15 heavy (non-hydrogen) atoms. The highest BCUT2D eigenvalue weighted by molar-refractivity contribution is 5.79. The van der Waals surface area contributed by atoms with Gasteiger partial charge in [-0.05, 0) is 49.4 Å². The maximum atomic E-state index is 10.3. The zero-order valence-electron chi connectivity index (χ0n) is 9.37. The Hall–Kier alpha value is -1.57. The van der Waals surface area contributed by atoms with E-state index in [1.54, 1.807) is 6.08 Å². The number of benzene rings is 1. The van der Waals surface area contributed by atoms with Gasteiger partial charge in [0.1, 0.15) is 0 Å². The minimum absolute atomic E-state index is 0.680. The van der Waals surface area contributed by atoms with Gasteiger partial charge in [0, 0.05) is 6.08 Å². The molecule has 2 heteroatoms. The van der Waals surface area contributed by atoms with Gasteiger partial charge in [-0.3, -0.25) is 0 Å². The predicted molar refractivity (Wildman–Crippen MR) is 61.1 cm³/mol. The van der Waals surface area contributed by atoms with Crippen molar-refractivity contribution in [1.29, 1.82) is 0 Å². The van der Waals surface area contributed by atoms with Gasteiger partial charge >= 0.3 is 5.97 Å². The van der Waals surface area contributed by atoms with E-state index in [1.807, 2.05) is 0 Å². The first kappa shape index (κ1) is 11.5. The highest BCUT2D eigenvalue weighted by Crippen LogP contribution is 2.17. The standard InChI is InChI=1S/C13H16O2/c1-9-7-8-12(11(3)10(9)2)5-4-6-13(14)15/h4,6-8H,5H2,1-3H3,(H,14,15)/b6-4+. The molecule has 0 aliphatic carbocycles. The summed E-state index contributed by atoms with van der Waals surface area (Å²) in [5.74, 6) is -0.892. The number of hydrogen-bond donors (Lipinski definition) is 1. The monoisotopic (exact) mass is 204 g/mol. The van der Waals surface area contributed by atoms with Crippen LogP contribution in [-0.2, 0) is 11.2 Å². The fourth-order valence-electron chi connectivity index (χ4n) is 1.52. The van der Waals surface area contributed by atoms with Crippen LogP contribution in [0.4, 0.5) is 0 Å². The van der Waals surface area contributed by atoms with Crippen LogP contribution >= 0.6 is 0 Å². The average molecular weight is 204 g/mol. The van der Waals surface area contributed by atoms with Crippen LogP contribution in [0.15, 0.2) is 24.3 Å². The molecule has 0 atom stereocenters. The molecule has 1 aromatic carbocycles. The molecule has 0 saturated heterocycles. The van der Waals surface area contributed by atoms with E-state index in [4.69, 9.17) is 5.11 Å². The lowest BCUT2D eigenvalue weighted by Gasteiger charge is -2.09. The van der Waals surface area contributed by atoms with E-state index >= 15 is 0 Å². The molecule has 2 nitrogen and oxygen atoms in total. The summed E-state index contributed by atoms with van der Waals surface area (Å²) in [4.78, 5) is 10.3. The molecule has 0 heterocycles. The van der Waals surface area contributed by atoms with Gasteiger partial charge in [-0.25, -0.2) is 4.79 Å². The SMILES string of the molecule is Cc1ccc(C/C=C/C(=O)O)c(C)c1C. The fourth-order valence-corrected chi connectivity index (χ4v) is 1.52. The molecule has 0 saturated carbocycles. The van der Waals surface area contributed by atoms with E-state index < -0.39 is 5.97 Å². The first-order chi connectivity index (χ1) is 7.02. The molecule has 0 unspecified atom stereocenters. The summed E-state index contributed by atoms with van der Waals surface area (Å²) in [6, 6.07) is 4.14. The Balaban J connectivity index is 2.87. The number of carboxylic acid groups (broad SMARTS) is 1. The van der Waals surface area contributed by atoms with Crippen LogP contribution in [0, 0.1) is 20.8 Å². The Morgan fingerprint density at radius 2 is 1.93 bits per heavy atom. The molecule has 1 rings (SSSR count). The Bertz CT molecular complexity index is 403. The molecule has 80 valence electrons. The third-order valence-electron chi connectivity index (χ3n) is 2.77. The maximum Gasteiger partial charge on any atom is 0.327 e. The third kappa shape index (κ3) is 2.94. The van der Waals surface area contributed by atoms with Crippen LogP contribution in [0.3, 0.4) is 0 Å². The number of aliphatic carboxylic acids is 1. The van der Waals surface area contributed by atoms with Gasteiger partial charge in [-0.2, -0.15) is 0 Å². The molecule has 0 aliphatic rings. The summed E-state index contributed by atoms with van der Waals surface area (Å²) in [6.45, 7) is 6.25. The van der Waals surface area contributed by atoms with Crippen molar-refractivity contribution in [2.75, 3.05) is 0 Å². The highest BCUT2D eigenvalue weighted by Gasteiger charge is 2.01. The van der Waals surface area contributed by atoms with Crippen molar-refractivity contribution in [3.05, 3.63) is 46.5 Å². The first-order valence-corrected chi connectivity index (χ1v) is 4.97. The lowest BCUT2D eigenvalue weighted by molar-refractivity contribution is -0.131. The molecular weight excluding hydrogens is 188 g/mol. The number of hydrogen-bond acceptors (Lipinski definition) is 1. The van der Waals surface area contributed by atoms with Gasteiger partial charge in [0.25, 0.3) is 0 Å². The van der Waals surface area contributed by atoms with Crippen molar-refractivity contribution < 1.29 is 9.90 Å². The molecule has 0 aliphatic heterocycles. The van der Waals surface area contributed by atoms with Gasteiger partial charge in [0.2, 0.25) is 0 Å². The van der Waals surface area contributed by atoms with Gasteiger partial charge in [0.05, 0.1) is 0 Å². The summed E-state index contributed by atoms with van der Waals surface area (Å²) in [7, 11) is 0. The second kappa shape index (κ2) is 4.78. The molecular formula is C13H16O2. The summed E-state index contributed by atoms with van der Waals surface area (Å²) in [5, 5.41) is 8.47. The van der Waals surface area contributed by atoms with Gasteiger partial charge in [-0.1, -0.05) is 18.2 Å². The summed E-state index contributed by atoms with van der Waals surface area (Å²) in [5.41, 5.74) is 5.01. The van der Waals surface area contributed by atoms with Crippen molar-refractivity contribution in [3.8, 4) is 0 Å². The Labute approximate surface area is 90.3 Å². The Morgan fingerprint density at radius 3 is 2.53 bits per heavy atom. The molecule has 0 bridgehead atoms. The van der Waals surface area contributed by atoms with Crippen LogP contribution in [0.25, 0.3) is 0 Å². The van der Waals surface area contributed by atoms with Gasteiger partial charge in [-0.15, -0.1) is 0 Å². The van der Waals surface area contributed by atoms with Crippen LogP contribution in [-0.4, -0.2) is 11.1 Å². The maximum absolute atomic E-state index is 10.3. The zero-order chi connectivity index (χ0) is 11.4. The normalized spacial score (nSPS) is 10.9. The van der Waals surface area contributed by atoms with Crippen LogP contribution in [0.5, 0.6) is 0 Å². The molecule has 0 spiro atoms. The van der Waals surface area contributed by atoms with Crippen molar-refractivity contribution in [1.82, 2.24) is 0 Å². The van der Waals surface area contributed by atoms with Gasteiger partial charge < -0.3 is 5.11 Å². The molecule has 1 N–H and O–H groups in total. The Kier molecular flexibility index (Phi) is 3.67. The zero-order valence-corrected chi connectivity index (χ0v) is 9.37. The fraction of sp³-hybridized carbons (Fsp3) is 0.308. The first-order valence-electron chi connectivity index (χ1n) is 4.97. The number of carboxylic acids is 1. The molecule has 0 radical (unpaired) electrons. The van der Waals surface area contributed by atoms with E-state index in [0.29, 0.717) is 6.42 Å². The third-order valence-corrected chi connectivity index (χ3v) is 2.77. The average Bonchev–Trinajstić information content (AvgIpc) is 2.18. The van der Waals surface area contributed by atoms with Gasteiger partial charge in [0.15, 0.2) is 0 Å². The summed E-state index contributed by atoms with van der Waals surface area (Å²) >= 11 is 0. The summed E-state index contributed by atoms with van der Waals surface area (Å²) < 4.78 is 0. The predicted octanol–water partition coefficient (Wildman–Crippen LogP) is 2.80. The highest BCUT2D eigenvalue weighted by atomic mass is 16.4. The lowest BCUT2D eigenvalue weighted by atomic mass is 9.97. The second-order valence-corrected chi connectivity index (χ2v) is 3.74. The molecule has 0 aromatic heterocycles. The minimum Gasteiger partial charge on any atom is -0.478 e. The second-order valence-electron chi connectivity index (χ2n) is 3.74. The molecule has 0 amide bonds. The Morgan fingerprint density at radius 1 is 1.27 bits per heavy atom. The number of carbonyl (C=O) groups is 1. The van der Waals surface area contributed by atoms with Crippen molar-refractivity contribution >= 4 is 5.97 Å². The number of aryl methyl sites for hydroxylation is 1. The van der Waals surface area contributed by atoms with E-state index in [-0.39, 0.29) is 0 Å². The largest absolute Gasteiger partial charge is 0.478 e. The number of allylic oxidation sites excluding steroid dienone is 1. The van der Waals surface area contributed by atoms with E-state index in [2.05, 4.69) is 32.9 Å². The van der Waals surface area contributed by atoms with Crippen LogP contribution < -0.4 is 0 Å². The quantitative estimate of drug-likeness (QED) is 0.769. The molecule has 0 fully saturated rings. The van der Waals surface area contributed by atoms with E-state index in [1.165, 1.54) is 28.3 Å². The van der Waals surface area contributed by atoms with Crippen LogP contribution in [0.1, 0.15) is 22.3 Å². The van der Waals surface area contributed by atoms with E-state index in [0.717, 1.165) is 0 Å². The summed E-state index contributed by atoms with van der Waals surface area (Å²) in [6.07, 6.45) is 3.55. The molecule has 1 aromatic rings. The topological polar surface area (TPSA) is 37.3 Å². The van der Waals surface area contributed by atoms with E-state index in [9.17, 15) is 4.79 Å². The van der Waals surface area contributed by atoms with Crippen molar-refractivity contribution in [2.24, 2.45) is 0 Å². The number of rotatable bonds is 3. The lowest BCUT2D eigenvalue weighted by Crippen LogP contribution is -1.94. The minimum atomic E-state index is -0.892. The van der Waals surface area contributed by atoms with Crippen molar-refractivity contribution in [2.45, 2.75) is 27.2 Å². The smallest absolute Gasteiger partial charge is 0.327 e.